The lowest BCUT2D eigenvalue weighted by atomic mass is 10.4. The third kappa shape index (κ3) is 3.15. The van der Waals surface area contributed by atoms with E-state index in [1.807, 2.05) is 0 Å². The fraction of sp³-hybridized carbons (Fsp3) is 0.625. The summed E-state index contributed by atoms with van der Waals surface area (Å²) in [6.07, 6.45) is -0.0124. The van der Waals surface area contributed by atoms with Gasteiger partial charge in [-0.05, 0) is 22.9 Å². The van der Waals surface area contributed by atoms with Gasteiger partial charge in [-0.25, -0.2) is 12.7 Å². The Kier molecular flexibility index (Phi) is 4.17. The van der Waals surface area contributed by atoms with Crippen molar-refractivity contribution in [2.45, 2.75) is 17.1 Å². The van der Waals surface area contributed by atoms with Crippen molar-refractivity contribution in [1.29, 1.82) is 0 Å². The summed E-state index contributed by atoms with van der Waals surface area (Å²) in [5.41, 5.74) is 5.62. The van der Waals surface area contributed by atoms with Crippen molar-refractivity contribution in [3.05, 3.63) is 9.93 Å². The summed E-state index contributed by atoms with van der Waals surface area (Å²) < 4.78 is 24.4. The van der Waals surface area contributed by atoms with Crippen molar-refractivity contribution >= 4 is 43.6 Å². The fourth-order valence-corrected chi connectivity index (χ4v) is 5.66. The molecule has 0 saturated heterocycles. The van der Waals surface area contributed by atoms with Crippen LogP contribution in [-0.2, 0) is 14.8 Å². The minimum atomic E-state index is -3.50. The molecule has 0 aromatic rings. The molecule has 17 heavy (non-hydrogen) atoms. The Morgan fingerprint density at radius 2 is 2.12 bits per heavy atom. The third-order valence-corrected chi connectivity index (χ3v) is 6.70. The Balaban J connectivity index is 3.00. The molecule has 0 saturated carbocycles. The van der Waals surface area contributed by atoms with Gasteiger partial charge in [-0.2, -0.15) is 0 Å². The van der Waals surface area contributed by atoms with E-state index in [9.17, 15) is 13.2 Å². The number of thioether (sulfide) groups is 1. The van der Waals surface area contributed by atoms with Crippen LogP contribution in [0.3, 0.4) is 0 Å². The van der Waals surface area contributed by atoms with E-state index >= 15 is 0 Å². The van der Waals surface area contributed by atoms with Gasteiger partial charge in [0.15, 0.2) is 3.78 Å². The Labute approximate surface area is 113 Å². The molecule has 1 rings (SSSR count). The molecule has 0 aromatic carbocycles. The van der Waals surface area contributed by atoms with Gasteiger partial charge in [0.25, 0.3) is 0 Å². The number of rotatable bonds is 4. The highest BCUT2D eigenvalue weighted by atomic mass is 79.9. The molecule has 0 aromatic heterocycles. The summed E-state index contributed by atoms with van der Waals surface area (Å²) in [5.74, 6) is -0.516. The van der Waals surface area contributed by atoms with Crippen LogP contribution in [0.25, 0.3) is 0 Å². The molecule has 1 unspecified atom stereocenters. The first-order valence-electron chi connectivity index (χ1n) is 4.66. The smallest absolute Gasteiger partial charge is 0.250 e. The van der Waals surface area contributed by atoms with Crippen molar-refractivity contribution < 1.29 is 13.2 Å². The number of halogens is 1. The number of alkyl halides is 1. The largest absolute Gasteiger partial charge is 0.370 e. The number of primary amides is 1. The average Bonchev–Trinajstić information content (AvgIpc) is 2.40. The first-order chi connectivity index (χ1) is 7.58. The Hall–Kier alpha value is -0.250. The lowest BCUT2D eigenvalue weighted by Crippen LogP contribution is -2.35. The maximum Gasteiger partial charge on any atom is 0.250 e. The van der Waals surface area contributed by atoms with E-state index in [0.717, 1.165) is 16.1 Å². The molecule has 0 aliphatic carbocycles. The highest BCUT2D eigenvalue weighted by molar-refractivity contribution is 9.12. The van der Waals surface area contributed by atoms with E-state index in [4.69, 9.17) is 5.73 Å². The third-order valence-electron chi connectivity index (χ3n) is 2.05. The number of carbonyl (C=O) groups is 1. The zero-order valence-electron chi connectivity index (χ0n) is 9.65. The van der Waals surface area contributed by atoms with Gasteiger partial charge in [0.05, 0.1) is 6.42 Å². The van der Waals surface area contributed by atoms with Crippen molar-refractivity contribution in [1.82, 2.24) is 9.62 Å². The van der Waals surface area contributed by atoms with Gasteiger partial charge in [0.1, 0.15) is 4.24 Å². The minimum absolute atomic E-state index is 0.0124. The number of sulfonamides is 1. The summed E-state index contributed by atoms with van der Waals surface area (Å²) in [6, 6.07) is 0. The van der Waals surface area contributed by atoms with Crippen LogP contribution in [-0.4, -0.2) is 36.5 Å². The number of allylic oxidation sites excluding steroid dienone is 1. The average molecular weight is 344 g/mol. The number of hydrogen-bond acceptors (Lipinski definition) is 5. The van der Waals surface area contributed by atoms with Crippen LogP contribution in [0, 0.1) is 0 Å². The molecule has 98 valence electrons. The number of nitrogens with one attached hydrogen (secondary N) is 1. The molecule has 1 atom stereocenters. The van der Waals surface area contributed by atoms with E-state index in [-0.39, 0.29) is 10.7 Å². The van der Waals surface area contributed by atoms with E-state index < -0.39 is 19.7 Å². The summed E-state index contributed by atoms with van der Waals surface area (Å²) in [6.45, 7) is 1.65. The monoisotopic (exact) mass is 343 g/mol. The summed E-state index contributed by atoms with van der Waals surface area (Å²) in [7, 11) is -0.588. The van der Waals surface area contributed by atoms with Gasteiger partial charge in [0, 0.05) is 19.8 Å². The fourth-order valence-electron chi connectivity index (χ4n) is 1.30. The minimum Gasteiger partial charge on any atom is -0.370 e. The topological polar surface area (TPSA) is 92.5 Å². The van der Waals surface area contributed by atoms with Gasteiger partial charge in [-0.1, -0.05) is 11.8 Å². The van der Waals surface area contributed by atoms with Gasteiger partial charge in [0.2, 0.25) is 15.9 Å². The first kappa shape index (κ1) is 14.8. The summed E-state index contributed by atoms with van der Waals surface area (Å²) in [5, 5.41) is 2.93. The first-order valence-corrected chi connectivity index (χ1v) is 7.71. The predicted molar refractivity (Wildman–Crippen MR) is 71.5 cm³/mol. The predicted octanol–water partition coefficient (Wildman–Crippen LogP) is 0.327. The van der Waals surface area contributed by atoms with E-state index in [1.165, 1.54) is 14.1 Å². The van der Waals surface area contributed by atoms with Crippen molar-refractivity contribution in [2.24, 2.45) is 5.73 Å². The SMILES string of the molecule is CC1=C(S(=O)(=O)N(C)C)SC(Br)(CC(N)=O)N1. The molecule has 0 radical (unpaired) electrons. The van der Waals surface area contributed by atoms with Gasteiger partial charge in [-0.3, -0.25) is 4.79 Å². The quantitative estimate of drug-likeness (QED) is 0.566. The van der Waals surface area contributed by atoms with Crippen molar-refractivity contribution in [2.75, 3.05) is 14.1 Å². The van der Waals surface area contributed by atoms with Gasteiger partial charge >= 0.3 is 0 Å². The Morgan fingerprint density at radius 3 is 2.53 bits per heavy atom. The van der Waals surface area contributed by atoms with Crippen LogP contribution >= 0.6 is 27.7 Å². The second-order valence-corrected chi connectivity index (χ2v) is 9.33. The number of hydrogen-bond donors (Lipinski definition) is 2. The van der Waals surface area contributed by atoms with Gasteiger partial charge < -0.3 is 11.1 Å². The highest BCUT2D eigenvalue weighted by Crippen LogP contribution is 2.47. The summed E-state index contributed by atoms with van der Waals surface area (Å²) in [4.78, 5) is 10.9. The van der Waals surface area contributed by atoms with Crippen LogP contribution in [0.1, 0.15) is 13.3 Å². The molecule has 0 spiro atoms. The second kappa shape index (κ2) is 4.79. The van der Waals surface area contributed by atoms with Crippen LogP contribution in [0.4, 0.5) is 0 Å². The lowest BCUT2D eigenvalue weighted by Gasteiger charge is -2.21. The molecule has 1 amide bonds. The standard InChI is InChI=1S/C8H14BrN3O3S2/c1-5-7(17(14,15)12(2)3)16-8(9,11-5)4-6(10)13/h11H,4H2,1-3H3,(H2,10,13). The molecule has 1 heterocycles. The van der Waals surface area contributed by atoms with Crippen LogP contribution in [0.2, 0.25) is 0 Å². The molecular formula is C8H14BrN3O3S2. The summed E-state index contributed by atoms with van der Waals surface area (Å²) >= 11 is 4.33. The normalized spacial score (nSPS) is 25.2. The molecule has 0 bridgehead atoms. The van der Waals surface area contributed by atoms with Crippen LogP contribution in [0.5, 0.6) is 0 Å². The molecular weight excluding hydrogens is 330 g/mol. The molecule has 1 aliphatic rings. The van der Waals surface area contributed by atoms with E-state index in [0.29, 0.717) is 5.70 Å². The molecule has 0 fully saturated rings. The van der Waals surface area contributed by atoms with Gasteiger partial charge in [-0.15, -0.1) is 0 Å². The van der Waals surface area contributed by atoms with Crippen molar-refractivity contribution in [3.63, 3.8) is 0 Å². The van der Waals surface area contributed by atoms with E-state index in [1.54, 1.807) is 6.92 Å². The van der Waals surface area contributed by atoms with E-state index in [2.05, 4.69) is 21.2 Å². The number of nitrogens with zero attached hydrogens (tertiary/aromatic N) is 1. The zero-order valence-corrected chi connectivity index (χ0v) is 12.9. The highest BCUT2D eigenvalue weighted by Gasteiger charge is 2.42. The molecule has 1 aliphatic heterocycles. The lowest BCUT2D eigenvalue weighted by molar-refractivity contribution is -0.118. The van der Waals surface area contributed by atoms with Crippen LogP contribution in [0.15, 0.2) is 9.93 Å². The zero-order chi connectivity index (χ0) is 13.4. The molecule has 6 nitrogen and oxygen atoms in total. The number of carbonyl (C=O) groups excluding carboxylic acids is 1. The maximum absolute atomic E-state index is 12.0. The van der Waals surface area contributed by atoms with Crippen LogP contribution < -0.4 is 11.1 Å². The number of nitrogens with two attached hydrogens (primary N) is 1. The molecule has 9 heteroatoms. The number of amides is 1. The maximum atomic E-state index is 12.0. The Morgan fingerprint density at radius 1 is 1.59 bits per heavy atom. The molecule has 3 N–H and O–H groups in total. The van der Waals surface area contributed by atoms with Crippen molar-refractivity contribution in [3.8, 4) is 0 Å². The second-order valence-electron chi connectivity index (χ2n) is 3.80. The Bertz CT molecular complexity index is 474.